The van der Waals surface area contributed by atoms with Crippen LogP contribution in [-0.2, 0) is 0 Å². The van der Waals surface area contributed by atoms with E-state index in [-0.39, 0.29) is 22.3 Å². The molecular weight excluding hydrogens is 502 g/mol. The number of aromatic nitrogens is 3. The van der Waals surface area contributed by atoms with Crippen molar-refractivity contribution in [3.63, 3.8) is 0 Å². The first kappa shape index (κ1) is 24.1. The van der Waals surface area contributed by atoms with Crippen molar-refractivity contribution < 1.29 is 0 Å². The summed E-state index contributed by atoms with van der Waals surface area (Å²) < 4.78 is 11.3. The third-order valence-electron chi connectivity index (χ3n) is 6.63. The molecule has 0 bridgehead atoms. The number of para-hydroxylation sites is 2. The fourth-order valence-electron chi connectivity index (χ4n) is 5.04. The zero-order chi connectivity index (χ0) is 26.9. The molecule has 3 aromatic carbocycles. The highest BCUT2D eigenvalue weighted by molar-refractivity contribution is 7.00. The highest BCUT2D eigenvalue weighted by atomic mass is 32.1. The lowest BCUT2D eigenvalue weighted by molar-refractivity contribution is 1.19. The van der Waals surface area contributed by atoms with Gasteiger partial charge in [0.25, 0.3) is 0 Å². The van der Waals surface area contributed by atoms with E-state index in [0.717, 1.165) is 39.2 Å². The van der Waals surface area contributed by atoms with Crippen LogP contribution in [0.4, 0.5) is 0 Å². The first-order valence-electron chi connectivity index (χ1n) is 11.8. The van der Waals surface area contributed by atoms with Gasteiger partial charge in [-0.3, -0.25) is 0 Å². The van der Waals surface area contributed by atoms with Crippen molar-refractivity contribution in [3.8, 4) is 30.0 Å². The molecule has 0 N–H and O–H groups in total. The minimum absolute atomic E-state index is 0.177. The molecule has 5 aromatic rings. The fraction of sp³-hybridized carbons (Fsp3) is 0. The standard InChI is InChI=1S/C31H14N7S/c32-15-20(16-33)28(19-7-1-2-8-19)29(21(17-34)18-35)24-13-14-27(31-30(24)36-39-37-31)38-25-11-5-3-9-22(25)23-10-4-6-12-26(23)38/h1-14H. The molecule has 0 aliphatic heterocycles. The van der Waals surface area contributed by atoms with Gasteiger partial charge >= 0.3 is 0 Å². The highest BCUT2D eigenvalue weighted by Crippen LogP contribution is 2.44. The summed E-state index contributed by atoms with van der Waals surface area (Å²) in [7, 11) is 0. The molecule has 8 heteroatoms. The molecule has 0 amide bonds. The maximum Gasteiger partial charge on any atom is 0.137 e. The Bertz CT molecular complexity index is 1940. The second-order valence-electron chi connectivity index (χ2n) is 8.58. The number of benzene rings is 3. The molecule has 1 saturated carbocycles. The summed E-state index contributed by atoms with van der Waals surface area (Å²) in [6.07, 6.45) is 7.00. The molecule has 5 radical (unpaired) electrons. The number of allylic oxidation sites excluding steroid dienone is 4. The molecule has 0 atom stereocenters. The summed E-state index contributed by atoms with van der Waals surface area (Å²) in [6, 6.07) is 27.7. The van der Waals surface area contributed by atoms with Crippen LogP contribution in [0.25, 0.3) is 44.1 Å². The molecule has 1 aliphatic carbocycles. The number of fused-ring (bicyclic) bond motifs is 4. The van der Waals surface area contributed by atoms with E-state index in [2.05, 4.69) is 25.4 Å². The van der Waals surface area contributed by atoms with Gasteiger partial charge in [-0.2, -0.15) is 29.8 Å². The van der Waals surface area contributed by atoms with Crippen molar-refractivity contribution in [3.05, 3.63) is 115 Å². The van der Waals surface area contributed by atoms with Gasteiger partial charge in [0.1, 0.15) is 46.5 Å². The summed E-state index contributed by atoms with van der Waals surface area (Å²) in [5.74, 6) is 0.550. The lowest BCUT2D eigenvalue weighted by Gasteiger charge is -2.19. The van der Waals surface area contributed by atoms with Crippen molar-refractivity contribution in [2.24, 2.45) is 0 Å². The Labute approximate surface area is 228 Å². The molecule has 179 valence electrons. The van der Waals surface area contributed by atoms with Crippen molar-refractivity contribution in [2.45, 2.75) is 0 Å². The second-order valence-corrected chi connectivity index (χ2v) is 9.11. The van der Waals surface area contributed by atoms with Crippen molar-refractivity contribution >= 4 is 50.1 Å². The number of nitriles is 4. The third-order valence-corrected chi connectivity index (χ3v) is 7.16. The molecule has 0 spiro atoms. The Balaban J connectivity index is 1.68. The zero-order valence-corrected chi connectivity index (χ0v) is 20.9. The molecule has 39 heavy (non-hydrogen) atoms. The van der Waals surface area contributed by atoms with E-state index >= 15 is 0 Å². The molecule has 0 saturated heterocycles. The average molecular weight is 517 g/mol. The molecule has 1 fully saturated rings. The van der Waals surface area contributed by atoms with E-state index in [1.807, 2.05) is 66.7 Å². The summed E-state index contributed by atoms with van der Waals surface area (Å²) in [5, 5.41) is 41.7. The third kappa shape index (κ3) is 3.75. The van der Waals surface area contributed by atoms with E-state index in [1.54, 1.807) is 31.7 Å². The van der Waals surface area contributed by atoms with Gasteiger partial charge in [0, 0.05) is 27.8 Å². The SMILES string of the molecule is N#CC(C#N)=C([C]1[CH][CH][CH][CH]1)C(=C(C#N)C#N)c1ccc(-n2c3ccccc3c3ccccc32)c2nsnc12. The van der Waals surface area contributed by atoms with Gasteiger partial charge in [0.05, 0.1) is 28.4 Å². The summed E-state index contributed by atoms with van der Waals surface area (Å²) in [6.45, 7) is 0. The Kier molecular flexibility index (Phi) is 6.10. The van der Waals surface area contributed by atoms with Crippen LogP contribution in [0, 0.1) is 76.9 Å². The van der Waals surface area contributed by atoms with E-state index in [9.17, 15) is 21.0 Å². The topological polar surface area (TPSA) is 126 Å². The van der Waals surface area contributed by atoms with Crippen LogP contribution in [0.5, 0.6) is 0 Å². The second kappa shape index (κ2) is 9.88. The number of nitrogens with zero attached hydrogens (tertiary/aromatic N) is 7. The zero-order valence-electron chi connectivity index (χ0n) is 20.1. The van der Waals surface area contributed by atoms with E-state index in [1.165, 1.54) is 0 Å². The van der Waals surface area contributed by atoms with Crippen LogP contribution in [0.2, 0.25) is 0 Å². The molecule has 1 aliphatic rings. The van der Waals surface area contributed by atoms with E-state index < -0.39 is 0 Å². The van der Waals surface area contributed by atoms with Crippen LogP contribution in [-0.4, -0.2) is 13.3 Å². The van der Waals surface area contributed by atoms with E-state index in [0.29, 0.717) is 22.5 Å². The van der Waals surface area contributed by atoms with Crippen LogP contribution >= 0.6 is 11.7 Å². The maximum absolute atomic E-state index is 9.94. The lowest BCUT2D eigenvalue weighted by Crippen LogP contribution is -2.07. The Morgan fingerprint density at radius 2 is 1.18 bits per heavy atom. The lowest BCUT2D eigenvalue weighted by atomic mass is 9.81. The van der Waals surface area contributed by atoms with Crippen molar-refractivity contribution in [1.82, 2.24) is 13.3 Å². The predicted molar refractivity (Wildman–Crippen MR) is 149 cm³/mol. The Morgan fingerprint density at radius 3 is 1.77 bits per heavy atom. The van der Waals surface area contributed by atoms with Gasteiger partial charge in [-0.1, -0.05) is 36.4 Å². The molecule has 6 rings (SSSR count). The van der Waals surface area contributed by atoms with Gasteiger partial charge in [-0.05, 0) is 55.5 Å². The number of rotatable bonds is 4. The summed E-state index contributed by atoms with van der Waals surface area (Å²) in [4.78, 5) is 0. The Hall–Kier alpha value is -5.28. The van der Waals surface area contributed by atoms with Crippen LogP contribution < -0.4 is 0 Å². The molecule has 0 unspecified atom stereocenters. The van der Waals surface area contributed by atoms with Crippen LogP contribution in [0.15, 0.2) is 77.4 Å². The smallest absolute Gasteiger partial charge is 0.137 e. The van der Waals surface area contributed by atoms with Gasteiger partial charge in [-0.25, -0.2) is 0 Å². The number of hydrogen-bond acceptors (Lipinski definition) is 7. The van der Waals surface area contributed by atoms with Gasteiger partial charge in [0.15, 0.2) is 0 Å². The molecule has 7 nitrogen and oxygen atoms in total. The first-order chi connectivity index (χ1) is 19.2. The quantitative estimate of drug-likeness (QED) is 0.203. The van der Waals surface area contributed by atoms with Gasteiger partial charge < -0.3 is 4.57 Å². The predicted octanol–water partition coefficient (Wildman–Crippen LogP) is 6.34. The highest BCUT2D eigenvalue weighted by Gasteiger charge is 2.31. The van der Waals surface area contributed by atoms with Gasteiger partial charge in [-0.15, -0.1) is 0 Å². The monoisotopic (exact) mass is 516 g/mol. The van der Waals surface area contributed by atoms with E-state index in [4.69, 9.17) is 0 Å². The van der Waals surface area contributed by atoms with Crippen molar-refractivity contribution in [2.75, 3.05) is 0 Å². The molecule has 2 heterocycles. The molecule has 2 aromatic heterocycles. The first-order valence-corrected chi connectivity index (χ1v) is 12.5. The minimum Gasteiger partial charge on any atom is -0.307 e. The minimum atomic E-state index is -0.229. The summed E-state index contributed by atoms with van der Waals surface area (Å²) >= 11 is 1.01. The van der Waals surface area contributed by atoms with Crippen LogP contribution in [0.3, 0.4) is 0 Å². The fourth-order valence-corrected chi connectivity index (χ4v) is 5.61. The average Bonchev–Trinajstić information content (AvgIpc) is 3.74. The number of hydrogen-bond donors (Lipinski definition) is 0. The van der Waals surface area contributed by atoms with Crippen molar-refractivity contribution in [1.29, 1.82) is 21.0 Å². The molecular formula is C31H14N7S. The normalized spacial score (nSPS) is 13.0. The largest absolute Gasteiger partial charge is 0.307 e. The van der Waals surface area contributed by atoms with Gasteiger partial charge in [0.2, 0.25) is 0 Å². The van der Waals surface area contributed by atoms with Crippen LogP contribution in [0.1, 0.15) is 5.56 Å². The Morgan fingerprint density at radius 1 is 0.641 bits per heavy atom. The summed E-state index contributed by atoms with van der Waals surface area (Å²) in [5.41, 5.74) is 4.23. The maximum atomic E-state index is 9.94.